The summed E-state index contributed by atoms with van der Waals surface area (Å²) in [6.45, 7) is 0.0409. The van der Waals surface area contributed by atoms with E-state index in [0.717, 1.165) is 31.6 Å². The van der Waals surface area contributed by atoms with Crippen molar-refractivity contribution in [2.45, 2.75) is 6.10 Å². The summed E-state index contributed by atoms with van der Waals surface area (Å²) in [7, 11) is 0. The van der Waals surface area contributed by atoms with Gasteiger partial charge in [-0.2, -0.15) is 0 Å². The van der Waals surface area contributed by atoms with Crippen LogP contribution in [0.25, 0.3) is 0 Å². The number of nitrogens with one attached hydrogen (secondary N) is 1. The van der Waals surface area contributed by atoms with Gasteiger partial charge in [-0.15, -0.1) is 0 Å². The summed E-state index contributed by atoms with van der Waals surface area (Å²) in [5.74, 6) is -1.23. The maximum Gasteiger partial charge on any atom is 0.129 e. The molecule has 0 radical (unpaired) electrons. The zero-order valence-electron chi connectivity index (χ0n) is 10.5. The molecule has 0 amide bonds. The number of hydrogen-bond donors (Lipinski definition) is 2. The molecule has 0 saturated heterocycles. The standard InChI is InChI=1S/C14H10Br3F2NO/c15-7-3-10(16)14(11(17)4-7)20-6-13(21)9-5-8(18)1-2-12(9)19/h1-5,13,20-21H,6H2. The fourth-order valence-electron chi connectivity index (χ4n) is 1.79. The summed E-state index contributed by atoms with van der Waals surface area (Å²) in [5.41, 5.74) is 0.640. The molecule has 2 N–H and O–H groups in total. The van der Waals surface area contributed by atoms with Gasteiger partial charge in [-0.1, -0.05) is 15.9 Å². The van der Waals surface area contributed by atoms with Crippen LogP contribution in [0.3, 0.4) is 0 Å². The molecule has 0 aromatic heterocycles. The van der Waals surface area contributed by atoms with Crippen molar-refractivity contribution < 1.29 is 13.9 Å². The Labute approximate surface area is 145 Å². The Morgan fingerprint density at radius 1 is 1.05 bits per heavy atom. The van der Waals surface area contributed by atoms with Crippen LogP contribution in [0, 0.1) is 11.6 Å². The molecule has 0 fully saturated rings. The molecule has 0 aliphatic heterocycles. The molecular formula is C14H10Br3F2NO. The van der Waals surface area contributed by atoms with Gasteiger partial charge in [0.1, 0.15) is 11.6 Å². The molecule has 2 aromatic carbocycles. The first-order valence-electron chi connectivity index (χ1n) is 5.90. The van der Waals surface area contributed by atoms with Crippen LogP contribution in [0.5, 0.6) is 0 Å². The average molecular weight is 486 g/mol. The maximum atomic E-state index is 13.6. The third kappa shape index (κ3) is 4.25. The predicted molar refractivity (Wildman–Crippen MR) is 89.3 cm³/mol. The van der Waals surface area contributed by atoms with Crippen LogP contribution < -0.4 is 5.32 Å². The van der Waals surface area contributed by atoms with E-state index < -0.39 is 17.7 Å². The van der Waals surface area contributed by atoms with Crippen LogP contribution in [-0.2, 0) is 0 Å². The Morgan fingerprint density at radius 2 is 1.67 bits per heavy atom. The SMILES string of the molecule is OC(CNc1c(Br)cc(Br)cc1Br)c1cc(F)ccc1F. The minimum atomic E-state index is -1.16. The molecule has 21 heavy (non-hydrogen) atoms. The minimum Gasteiger partial charge on any atom is -0.386 e. The highest BCUT2D eigenvalue weighted by Gasteiger charge is 2.15. The van der Waals surface area contributed by atoms with E-state index >= 15 is 0 Å². The van der Waals surface area contributed by atoms with Crippen molar-refractivity contribution in [1.29, 1.82) is 0 Å². The summed E-state index contributed by atoms with van der Waals surface area (Å²) in [5, 5.41) is 13.0. The predicted octanol–water partition coefficient (Wildman–Crippen LogP) is 5.40. The molecule has 7 heteroatoms. The second-order valence-electron chi connectivity index (χ2n) is 4.31. The minimum absolute atomic E-state index is 0.0409. The summed E-state index contributed by atoms with van der Waals surface area (Å²) in [4.78, 5) is 0. The second-order valence-corrected chi connectivity index (χ2v) is 6.93. The third-order valence-electron chi connectivity index (χ3n) is 2.80. The van der Waals surface area contributed by atoms with Crippen molar-refractivity contribution in [2.24, 2.45) is 0 Å². The molecule has 1 atom stereocenters. The Kier molecular flexibility index (Phi) is 5.76. The second kappa shape index (κ2) is 7.17. The number of anilines is 1. The van der Waals surface area contributed by atoms with Gasteiger partial charge in [0.2, 0.25) is 0 Å². The third-order valence-corrected chi connectivity index (χ3v) is 4.50. The lowest BCUT2D eigenvalue weighted by molar-refractivity contribution is 0.186. The lowest BCUT2D eigenvalue weighted by atomic mass is 10.1. The zero-order chi connectivity index (χ0) is 15.6. The molecule has 2 nitrogen and oxygen atoms in total. The molecule has 2 aromatic rings. The lowest BCUT2D eigenvalue weighted by Gasteiger charge is -2.16. The molecule has 0 saturated carbocycles. The van der Waals surface area contributed by atoms with Crippen molar-refractivity contribution in [3.05, 3.63) is 60.9 Å². The Balaban J connectivity index is 2.15. The highest BCUT2D eigenvalue weighted by Crippen LogP contribution is 2.34. The van der Waals surface area contributed by atoms with Gasteiger partial charge < -0.3 is 10.4 Å². The van der Waals surface area contributed by atoms with Gasteiger partial charge in [-0.05, 0) is 62.2 Å². The Bertz CT molecular complexity index is 644. The van der Waals surface area contributed by atoms with E-state index in [1.165, 1.54) is 0 Å². The quantitative estimate of drug-likeness (QED) is 0.608. The van der Waals surface area contributed by atoms with Gasteiger partial charge in [-0.3, -0.25) is 0 Å². The first-order valence-corrected chi connectivity index (χ1v) is 8.28. The van der Waals surface area contributed by atoms with Crippen molar-refractivity contribution >= 4 is 53.5 Å². The monoisotopic (exact) mass is 483 g/mol. The molecule has 1 unspecified atom stereocenters. The van der Waals surface area contributed by atoms with Gasteiger partial charge in [-0.25, -0.2) is 8.78 Å². The van der Waals surface area contributed by atoms with Crippen LogP contribution in [0.1, 0.15) is 11.7 Å². The van der Waals surface area contributed by atoms with E-state index in [4.69, 9.17) is 0 Å². The summed E-state index contributed by atoms with van der Waals surface area (Å²) in [6.07, 6.45) is -1.16. The highest BCUT2D eigenvalue weighted by atomic mass is 79.9. The molecule has 0 heterocycles. The summed E-state index contributed by atoms with van der Waals surface area (Å²) < 4.78 is 29.1. The van der Waals surface area contributed by atoms with Gasteiger partial charge >= 0.3 is 0 Å². The number of benzene rings is 2. The number of hydrogen-bond acceptors (Lipinski definition) is 2. The van der Waals surface area contributed by atoms with Gasteiger partial charge in [0.25, 0.3) is 0 Å². The molecule has 2 rings (SSSR count). The smallest absolute Gasteiger partial charge is 0.129 e. The summed E-state index contributed by atoms with van der Waals surface area (Å²) in [6, 6.07) is 6.68. The maximum absolute atomic E-state index is 13.6. The first kappa shape index (κ1) is 16.9. The average Bonchev–Trinajstić information content (AvgIpc) is 2.40. The molecule has 112 valence electrons. The van der Waals surface area contributed by atoms with Crippen molar-refractivity contribution in [2.75, 3.05) is 11.9 Å². The molecule has 0 aliphatic carbocycles. The largest absolute Gasteiger partial charge is 0.386 e. The molecule has 0 aliphatic rings. The highest BCUT2D eigenvalue weighted by molar-refractivity contribution is 9.11. The van der Waals surface area contributed by atoms with Crippen molar-refractivity contribution in [3.63, 3.8) is 0 Å². The Morgan fingerprint density at radius 3 is 2.29 bits per heavy atom. The van der Waals surface area contributed by atoms with Crippen LogP contribution in [0.4, 0.5) is 14.5 Å². The molecule has 0 bridgehead atoms. The van der Waals surface area contributed by atoms with E-state index in [9.17, 15) is 13.9 Å². The lowest BCUT2D eigenvalue weighted by Crippen LogP contribution is -2.14. The van der Waals surface area contributed by atoms with E-state index in [1.54, 1.807) is 0 Å². The molecule has 0 spiro atoms. The summed E-state index contributed by atoms with van der Waals surface area (Å²) >= 11 is 10.1. The van der Waals surface area contributed by atoms with Gasteiger partial charge in [0.05, 0.1) is 11.8 Å². The van der Waals surface area contributed by atoms with Crippen LogP contribution >= 0.6 is 47.8 Å². The number of aliphatic hydroxyl groups excluding tert-OH is 1. The van der Waals surface area contributed by atoms with Crippen LogP contribution in [0.15, 0.2) is 43.7 Å². The number of aliphatic hydroxyl groups is 1. The fourth-order valence-corrected chi connectivity index (χ4v) is 4.33. The van der Waals surface area contributed by atoms with Crippen LogP contribution in [-0.4, -0.2) is 11.7 Å². The zero-order valence-corrected chi connectivity index (χ0v) is 15.3. The Hall–Kier alpha value is -0.500. The van der Waals surface area contributed by atoms with E-state index in [1.807, 2.05) is 12.1 Å². The fraction of sp³-hybridized carbons (Fsp3) is 0.143. The first-order chi connectivity index (χ1) is 9.88. The van der Waals surface area contributed by atoms with E-state index in [0.29, 0.717) is 5.69 Å². The number of rotatable bonds is 4. The normalized spacial score (nSPS) is 12.3. The van der Waals surface area contributed by atoms with Gasteiger partial charge in [0.15, 0.2) is 0 Å². The van der Waals surface area contributed by atoms with Crippen molar-refractivity contribution in [1.82, 2.24) is 0 Å². The van der Waals surface area contributed by atoms with E-state index in [2.05, 4.69) is 53.1 Å². The topological polar surface area (TPSA) is 32.3 Å². The van der Waals surface area contributed by atoms with E-state index in [-0.39, 0.29) is 12.1 Å². The number of halogens is 5. The van der Waals surface area contributed by atoms with Crippen molar-refractivity contribution in [3.8, 4) is 0 Å². The van der Waals surface area contributed by atoms with Crippen LogP contribution in [0.2, 0.25) is 0 Å². The van der Waals surface area contributed by atoms with Gasteiger partial charge in [0, 0.05) is 25.5 Å². The molecular weight excluding hydrogens is 476 g/mol.